The van der Waals surface area contributed by atoms with Gasteiger partial charge in [-0.3, -0.25) is 0 Å². The maximum atomic E-state index is 5.83. The standard InChI is InChI=1S/C16H15BrN2/c17-14-5-3-4-12(8-14)10-19-11-13(9-18)15-6-1-2-7-16(15)19/h1-8,11H,9-10,18H2. The highest BCUT2D eigenvalue weighted by molar-refractivity contribution is 9.10. The number of hydrogen-bond donors (Lipinski definition) is 1. The predicted molar refractivity (Wildman–Crippen MR) is 83.1 cm³/mol. The second-order valence-corrected chi connectivity index (χ2v) is 5.55. The van der Waals surface area contributed by atoms with Crippen molar-refractivity contribution < 1.29 is 0 Å². The Morgan fingerprint density at radius 2 is 1.89 bits per heavy atom. The van der Waals surface area contributed by atoms with Crippen LogP contribution >= 0.6 is 15.9 Å². The highest BCUT2D eigenvalue weighted by Crippen LogP contribution is 2.22. The second kappa shape index (κ2) is 5.19. The predicted octanol–water partition coefficient (Wildman–Crippen LogP) is 3.91. The zero-order valence-corrected chi connectivity index (χ0v) is 12.1. The van der Waals surface area contributed by atoms with E-state index in [1.807, 2.05) is 6.07 Å². The molecule has 2 nitrogen and oxygen atoms in total. The minimum absolute atomic E-state index is 0.575. The van der Waals surface area contributed by atoms with E-state index in [4.69, 9.17) is 5.73 Å². The molecule has 1 heterocycles. The molecule has 19 heavy (non-hydrogen) atoms. The molecule has 0 aliphatic heterocycles. The third-order valence-electron chi connectivity index (χ3n) is 3.33. The summed E-state index contributed by atoms with van der Waals surface area (Å²) in [5.74, 6) is 0. The Bertz CT molecular complexity index is 716. The van der Waals surface area contributed by atoms with Gasteiger partial charge in [-0.25, -0.2) is 0 Å². The molecule has 0 saturated carbocycles. The molecule has 2 N–H and O–H groups in total. The van der Waals surface area contributed by atoms with Crippen LogP contribution in [0.1, 0.15) is 11.1 Å². The first-order chi connectivity index (χ1) is 9.28. The lowest BCUT2D eigenvalue weighted by Crippen LogP contribution is -1.98. The highest BCUT2D eigenvalue weighted by Gasteiger charge is 2.07. The number of nitrogens with two attached hydrogens (primary N) is 1. The van der Waals surface area contributed by atoms with E-state index >= 15 is 0 Å². The Labute approximate surface area is 121 Å². The summed E-state index contributed by atoms with van der Waals surface area (Å²) in [5.41, 5.74) is 9.54. The summed E-state index contributed by atoms with van der Waals surface area (Å²) in [4.78, 5) is 0. The molecule has 0 bridgehead atoms. The van der Waals surface area contributed by atoms with Crippen molar-refractivity contribution in [2.24, 2.45) is 5.73 Å². The number of halogens is 1. The zero-order valence-electron chi connectivity index (χ0n) is 10.5. The Morgan fingerprint density at radius 1 is 1.05 bits per heavy atom. The molecular weight excluding hydrogens is 300 g/mol. The first-order valence-electron chi connectivity index (χ1n) is 6.29. The fourth-order valence-corrected chi connectivity index (χ4v) is 2.89. The van der Waals surface area contributed by atoms with E-state index in [0.29, 0.717) is 6.54 Å². The molecule has 0 aliphatic carbocycles. The van der Waals surface area contributed by atoms with Crippen molar-refractivity contribution in [1.29, 1.82) is 0 Å². The largest absolute Gasteiger partial charge is 0.343 e. The molecule has 3 aromatic rings. The Hall–Kier alpha value is -1.58. The van der Waals surface area contributed by atoms with Crippen LogP contribution in [0, 0.1) is 0 Å². The van der Waals surface area contributed by atoms with Gasteiger partial charge in [0, 0.05) is 34.7 Å². The van der Waals surface area contributed by atoms with E-state index in [2.05, 4.69) is 69.2 Å². The average molecular weight is 315 g/mol. The third-order valence-corrected chi connectivity index (χ3v) is 3.83. The van der Waals surface area contributed by atoms with Crippen LogP contribution < -0.4 is 5.73 Å². The number of hydrogen-bond acceptors (Lipinski definition) is 1. The van der Waals surface area contributed by atoms with Crippen LogP contribution in [0.3, 0.4) is 0 Å². The van der Waals surface area contributed by atoms with Crippen molar-refractivity contribution in [2.75, 3.05) is 0 Å². The average Bonchev–Trinajstić information content (AvgIpc) is 2.77. The molecule has 0 atom stereocenters. The van der Waals surface area contributed by atoms with Crippen molar-refractivity contribution in [2.45, 2.75) is 13.1 Å². The summed E-state index contributed by atoms with van der Waals surface area (Å²) in [6.07, 6.45) is 2.16. The van der Waals surface area contributed by atoms with Gasteiger partial charge in [0.15, 0.2) is 0 Å². The van der Waals surface area contributed by atoms with E-state index in [0.717, 1.165) is 11.0 Å². The van der Waals surface area contributed by atoms with E-state index in [1.54, 1.807) is 0 Å². The Balaban J connectivity index is 2.06. The fourth-order valence-electron chi connectivity index (χ4n) is 2.45. The normalized spacial score (nSPS) is 11.1. The summed E-state index contributed by atoms with van der Waals surface area (Å²) in [6, 6.07) is 16.8. The lowest BCUT2D eigenvalue weighted by atomic mass is 10.2. The van der Waals surface area contributed by atoms with Crippen molar-refractivity contribution >= 4 is 26.8 Å². The lowest BCUT2D eigenvalue weighted by Gasteiger charge is -2.06. The van der Waals surface area contributed by atoms with Crippen molar-refractivity contribution in [3.63, 3.8) is 0 Å². The minimum atomic E-state index is 0.575. The van der Waals surface area contributed by atoms with Crippen LogP contribution in [0.25, 0.3) is 10.9 Å². The quantitative estimate of drug-likeness (QED) is 0.780. The van der Waals surface area contributed by atoms with Crippen LogP contribution in [-0.2, 0) is 13.1 Å². The number of rotatable bonds is 3. The third kappa shape index (κ3) is 2.44. The Kier molecular flexibility index (Phi) is 3.40. The molecule has 3 rings (SSSR count). The zero-order chi connectivity index (χ0) is 13.2. The maximum Gasteiger partial charge on any atom is 0.0486 e. The molecular formula is C16H15BrN2. The molecule has 0 spiro atoms. The van der Waals surface area contributed by atoms with Crippen LogP contribution in [-0.4, -0.2) is 4.57 Å². The smallest absolute Gasteiger partial charge is 0.0486 e. The molecule has 0 radical (unpaired) electrons. The van der Waals surface area contributed by atoms with Gasteiger partial charge in [0.25, 0.3) is 0 Å². The number of fused-ring (bicyclic) bond motifs is 1. The van der Waals surface area contributed by atoms with Crippen LogP contribution in [0.2, 0.25) is 0 Å². The van der Waals surface area contributed by atoms with E-state index in [9.17, 15) is 0 Å². The van der Waals surface area contributed by atoms with Crippen LogP contribution in [0.15, 0.2) is 59.2 Å². The Morgan fingerprint density at radius 3 is 2.68 bits per heavy atom. The molecule has 0 amide bonds. The van der Waals surface area contributed by atoms with E-state index < -0.39 is 0 Å². The van der Waals surface area contributed by atoms with Crippen LogP contribution in [0.4, 0.5) is 0 Å². The molecule has 0 unspecified atom stereocenters. The number of para-hydroxylation sites is 1. The van der Waals surface area contributed by atoms with Gasteiger partial charge in [0.2, 0.25) is 0 Å². The molecule has 96 valence electrons. The first-order valence-corrected chi connectivity index (χ1v) is 7.08. The number of benzene rings is 2. The van der Waals surface area contributed by atoms with Gasteiger partial charge in [0.1, 0.15) is 0 Å². The van der Waals surface area contributed by atoms with Gasteiger partial charge in [-0.1, -0.05) is 46.3 Å². The highest BCUT2D eigenvalue weighted by atomic mass is 79.9. The van der Waals surface area contributed by atoms with Crippen molar-refractivity contribution in [1.82, 2.24) is 4.57 Å². The SMILES string of the molecule is NCc1cn(Cc2cccc(Br)c2)c2ccccc12. The molecule has 0 fully saturated rings. The van der Waals surface area contributed by atoms with Gasteiger partial charge < -0.3 is 10.3 Å². The van der Waals surface area contributed by atoms with Gasteiger partial charge in [-0.15, -0.1) is 0 Å². The first kappa shape index (κ1) is 12.5. The van der Waals surface area contributed by atoms with E-state index in [1.165, 1.54) is 22.0 Å². The van der Waals surface area contributed by atoms with Gasteiger partial charge in [-0.05, 0) is 29.3 Å². The number of nitrogens with zero attached hydrogens (tertiary/aromatic N) is 1. The fraction of sp³-hybridized carbons (Fsp3) is 0.125. The lowest BCUT2D eigenvalue weighted by molar-refractivity contribution is 0.829. The summed E-state index contributed by atoms with van der Waals surface area (Å²) >= 11 is 3.51. The monoisotopic (exact) mass is 314 g/mol. The second-order valence-electron chi connectivity index (χ2n) is 4.63. The molecule has 0 aliphatic rings. The molecule has 1 aromatic heterocycles. The molecule has 3 heteroatoms. The molecule has 2 aromatic carbocycles. The van der Waals surface area contributed by atoms with Gasteiger partial charge in [-0.2, -0.15) is 0 Å². The maximum absolute atomic E-state index is 5.83. The molecule has 0 saturated heterocycles. The van der Waals surface area contributed by atoms with E-state index in [-0.39, 0.29) is 0 Å². The van der Waals surface area contributed by atoms with Crippen molar-refractivity contribution in [3.8, 4) is 0 Å². The summed E-state index contributed by atoms with van der Waals surface area (Å²) in [5, 5.41) is 1.25. The minimum Gasteiger partial charge on any atom is -0.343 e. The number of aromatic nitrogens is 1. The summed E-state index contributed by atoms with van der Waals surface area (Å²) in [6.45, 7) is 1.44. The van der Waals surface area contributed by atoms with Crippen molar-refractivity contribution in [3.05, 3.63) is 70.3 Å². The summed E-state index contributed by atoms with van der Waals surface area (Å²) < 4.78 is 3.37. The summed E-state index contributed by atoms with van der Waals surface area (Å²) in [7, 11) is 0. The topological polar surface area (TPSA) is 30.9 Å². The van der Waals surface area contributed by atoms with Crippen LogP contribution in [0.5, 0.6) is 0 Å². The van der Waals surface area contributed by atoms with Gasteiger partial charge in [0.05, 0.1) is 0 Å². The van der Waals surface area contributed by atoms with Gasteiger partial charge >= 0.3 is 0 Å².